The first-order chi connectivity index (χ1) is 6.17. The number of nitrogens with two attached hydrogens (primary N) is 1. The molecule has 0 bridgehead atoms. The molecule has 0 amide bonds. The largest absolute Gasteiger partial charge is 0.328 e. The zero-order valence-electron chi connectivity index (χ0n) is 7.76. The highest BCUT2D eigenvalue weighted by Crippen LogP contribution is 2.42. The number of hydrogen-bond donors (Lipinski definition) is 1. The predicted octanol–water partition coefficient (Wildman–Crippen LogP) is 1.11. The minimum absolute atomic E-state index is 0.212. The van der Waals surface area contributed by atoms with Gasteiger partial charge in [0.1, 0.15) is 12.5 Å². The van der Waals surface area contributed by atoms with Crippen LogP contribution in [0.25, 0.3) is 0 Å². The molecule has 2 N–H and O–H groups in total. The van der Waals surface area contributed by atoms with Crippen molar-refractivity contribution in [2.75, 3.05) is 6.67 Å². The van der Waals surface area contributed by atoms with Crippen LogP contribution in [0.4, 0.5) is 4.39 Å². The molecule has 4 heteroatoms. The quantitative estimate of drug-likeness (QED) is 0.762. The van der Waals surface area contributed by atoms with Crippen LogP contribution >= 0.6 is 0 Å². The van der Waals surface area contributed by atoms with E-state index in [2.05, 4.69) is 4.98 Å². The second-order valence-corrected chi connectivity index (χ2v) is 3.69. The SMILES string of the molecule is Cc1ncc(C2(N)CC2)n1CCF. The standard InChI is InChI=1S/C9H14FN3/c1-7-12-6-8(9(11)2-3-9)13(7)5-4-10/h6H,2-5,11H2,1H3. The van der Waals surface area contributed by atoms with E-state index >= 15 is 0 Å². The van der Waals surface area contributed by atoms with Gasteiger partial charge in [-0.1, -0.05) is 0 Å². The lowest BCUT2D eigenvalue weighted by Crippen LogP contribution is -2.23. The van der Waals surface area contributed by atoms with Crippen LogP contribution in [0.15, 0.2) is 6.20 Å². The molecule has 0 saturated heterocycles. The first-order valence-electron chi connectivity index (χ1n) is 4.55. The summed E-state index contributed by atoms with van der Waals surface area (Å²) >= 11 is 0. The molecule has 0 aliphatic heterocycles. The number of aromatic nitrogens is 2. The average Bonchev–Trinajstić information content (AvgIpc) is 2.72. The van der Waals surface area contributed by atoms with E-state index < -0.39 is 0 Å². The van der Waals surface area contributed by atoms with Gasteiger partial charge < -0.3 is 10.3 Å². The van der Waals surface area contributed by atoms with Crippen molar-refractivity contribution in [3.8, 4) is 0 Å². The molecular formula is C9H14FN3. The van der Waals surface area contributed by atoms with Crippen molar-refractivity contribution >= 4 is 0 Å². The highest BCUT2D eigenvalue weighted by Gasteiger charge is 2.42. The number of aryl methyl sites for hydroxylation is 1. The molecule has 3 nitrogen and oxygen atoms in total. The van der Waals surface area contributed by atoms with Gasteiger partial charge in [-0.2, -0.15) is 0 Å². The fourth-order valence-corrected chi connectivity index (χ4v) is 1.62. The second kappa shape index (κ2) is 2.80. The number of hydrogen-bond acceptors (Lipinski definition) is 2. The molecule has 1 aliphatic carbocycles. The number of alkyl halides is 1. The third kappa shape index (κ3) is 1.35. The predicted molar refractivity (Wildman–Crippen MR) is 48.0 cm³/mol. The smallest absolute Gasteiger partial charge is 0.107 e. The molecule has 1 fully saturated rings. The zero-order chi connectivity index (χ0) is 9.47. The Balaban J connectivity index is 2.34. The van der Waals surface area contributed by atoms with Crippen LogP contribution in [0.3, 0.4) is 0 Å². The highest BCUT2D eigenvalue weighted by atomic mass is 19.1. The van der Waals surface area contributed by atoms with Gasteiger partial charge in [0.05, 0.1) is 24.0 Å². The lowest BCUT2D eigenvalue weighted by molar-refractivity contribution is 0.429. The highest BCUT2D eigenvalue weighted by molar-refractivity contribution is 5.22. The van der Waals surface area contributed by atoms with E-state index in [0.717, 1.165) is 24.4 Å². The molecule has 0 unspecified atom stereocenters. The van der Waals surface area contributed by atoms with E-state index in [1.54, 1.807) is 6.20 Å². The number of halogens is 1. The molecule has 13 heavy (non-hydrogen) atoms. The average molecular weight is 183 g/mol. The lowest BCUT2D eigenvalue weighted by atomic mass is 10.2. The summed E-state index contributed by atoms with van der Waals surface area (Å²) in [4.78, 5) is 4.16. The van der Waals surface area contributed by atoms with Crippen molar-refractivity contribution in [3.05, 3.63) is 17.7 Å². The fraction of sp³-hybridized carbons (Fsp3) is 0.667. The van der Waals surface area contributed by atoms with Crippen molar-refractivity contribution < 1.29 is 4.39 Å². The Bertz CT molecular complexity index is 315. The summed E-state index contributed by atoms with van der Waals surface area (Å²) in [6.45, 7) is 1.89. The molecule has 72 valence electrons. The molecule has 1 saturated carbocycles. The summed E-state index contributed by atoms with van der Waals surface area (Å²) in [7, 11) is 0. The van der Waals surface area contributed by atoms with Crippen molar-refractivity contribution in [1.82, 2.24) is 9.55 Å². The molecule has 0 atom stereocenters. The molecule has 1 heterocycles. The summed E-state index contributed by atoms with van der Waals surface area (Å²) in [5.41, 5.74) is 6.81. The Hall–Kier alpha value is -0.900. The minimum Gasteiger partial charge on any atom is -0.328 e. The van der Waals surface area contributed by atoms with Gasteiger partial charge in [-0.05, 0) is 19.8 Å². The van der Waals surface area contributed by atoms with E-state index in [0.29, 0.717) is 6.54 Å². The zero-order valence-corrected chi connectivity index (χ0v) is 7.76. The maximum atomic E-state index is 12.2. The Morgan fingerprint density at radius 1 is 1.69 bits per heavy atom. The normalized spacial score (nSPS) is 19.0. The molecule has 1 aromatic rings. The van der Waals surface area contributed by atoms with Crippen LogP contribution in [0.2, 0.25) is 0 Å². The molecule has 0 aromatic carbocycles. The molecule has 0 spiro atoms. The fourth-order valence-electron chi connectivity index (χ4n) is 1.62. The van der Waals surface area contributed by atoms with E-state index in [9.17, 15) is 4.39 Å². The summed E-state index contributed by atoms with van der Waals surface area (Å²) in [6.07, 6.45) is 3.76. The van der Waals surface area contributed by atoms with E-state index in [4.69, 9.17) is 5.73 Å². The van der Waals surface area contributed by atoms with Gasteiger partial charge in [0, 0.05) is 0 Å². The van der Waals surface area contributed by atoms with Crippen molar-refractivity contribution in [1.29, 1.82) is 0 Å². The summed E-state index contributed by atoms with van der Waals surface area (Å²) in [5, 5.41) is 0. The minimum atomic E-state index is -0.361. The Morgan fingerprint density at radius 2 is 2.38 bits per heavy atom. The molecular weight excluding hydrogens is 169 g/mol. The monoisotopic (exact) mass is 183 g/mol. The first-order valence-corrected chi connectivity index (χ1v) is 4.55. The van der Waals surface area contributed by atoms with Crippen LogP contribution in [0, 0.1) is 6.92 Å². The van der Waals surface area contributed by atoms with Gasteiger partial charge in [-0.25, -0.2) is 9.37 Å². The Morgan fingerprint density at radius 3 is 2.92 bits per heavy atom. The Kier molecular flexibility index (Phi) is 1.87. The summed E-state index contributed by atoms with van der Waals surface area (Å²) < 4.78 is 14.1. The first kappa shape index (κ1) is 8.69. The van der Waals surface area contributed by atoms with Crippen LogP contribution in [-0.4, -0.2) is 16.2 Å². The van der Waals surface area contributed by atoms with Crippen LogP contribution in [0.1, 0.15) is 24.4 Å². The van der Waals surface area contributed by atoms with E-state index in [1.165, 1.54) is 0 Å². The van der Waals surface area contributed by atoms with E-state index in [-0.39, 0.29) is 12.2 Å². The number of imidazole rings is 1. The third-order valence-corrected chi connectivity index (χ3v) is 2.66. The molecule has 1 aromatic heterocycles. The maximum absolute atomic E-state index is 12.2. The number of rotatable bonds is 3. The van der Waals surface area contributed by atoms with Gasteiger partial charge in [-0.15, -0.1) is 0 Å². The Labute approximate surface area is 76.8 Å². The third-order valence-electron chi connectivity index (χ3n) is 2.66. The summed E-state index contributed by atoms with van der Waals surface area (Å²) in [5.74, 6) is 0.851. The maximum Gasteiger partial charge on any atom is 0.107 e. The van der Waals surface area contributed by atoms with Crippen molar-refractivity contribution in [2.45, 2.75) is 31.8 Å². The van der Waals surface area contributed by atoms with E-state index in [1.807, 2.05) is 11.5 Å². The molecule has 0 radical (unpaired) electrons. The van der Waals surface area contributed by atoms with Crippen LogP contribution in [-0.2, 0) is 12.1 Å². The molecule has 1 aliphatic rings. The second-order valence-electron chi connectivity index (χ2n) is 3.69. The van der Waals surface area contributed by atoms with Crippen molar-refractivity contribution in [2.24, 2.45) is 5.73 Å². The van der Waals surface area contributed by atoms with Crippen molar-refractivity contribution in [3.63, 3.8) is 0 Å². The van der Waals surface area contributed by atoms with Gasteiger partial charge >= 0.3 is 0 Å². The topological polar surface area (TPSA) is 43.8 Å². The van der Waals surface area contributed by atoms with Gasteiger partial charge in [0.25, 0.3) is 0 Å². The lowest BCUT2D eigenvalue weighted by Gasteiger charge is -2.12. The van der Waals surface area contributed by atoms with Gasteiger partial charge in [-0.3, -0.25) is 0 Å². The van der Waals surface area contributed by atoms with Gasteiger partial charge in [0.2, 0.25) is 0 Å². The summed E-state index contributed by atoms with van der Waals surface area (Å²) in [6, 6.07) is 0. The van der Waals surface area contributed by atoms with Crippen LogP contribution < -0.4 is 5.73 Å². The number of nitrogens with zero attached hydrogens (tertiary/aromatic N) is 2. The molecule has 2 rings (SSSR count). The van der Waals surface area contributed by atoms with Gasteiger partial charge in [0.15, 0.2) is 0 Å². The van der Waals surface area contributed by atoms with Crippen LogP contribution in [0.5, 0.6) is 0 Å².